The smallest absolute Gasteiger partial charge is 0.287 e. The van der Waals surface area contributed by atoms with Crippen molar-refractivity contribution in [1.82, 2.24) is 4.31 Å². The number of rotatable bonds is 6. The monoisotopic (exact) mass is 521 g/mol. The Labute approximate surface area is 202 Å². The second-order valence-corrected chi connectivity index (χ2v) is 11.0. The zero-order valence-electron chi connectivity index (χ0n) is 18.3. The lowest BCUT2D eigenvalue weighted by Gasteiger charge is -2.26. The molecule has 0 aliphatic carbocycles. The molecule has 4 rings (SSSR count). The first kappa shape index (κ1) is 24.9. The van der Waals surface area contributed by atoms with Crippen molar-refractivity contribution in [1.29, 1.82) is 0 Å². The molecule has 1 saturated heterocycles. The highest BCUT2D eigenvalue weighted by Crippen LogP contribution is 2.23. The normalized spacial score (nSPS) is 15.7. The Morgan fingerprint density at radius 2 is 1.60 bits per heavy atom. The first-order valence-electron chi connectivity index (χ1n) is 10.5. The van der Waals surface area contributed by atoms with Crippen LogP contribution in [0.15, 0.2) is 87.0 Å². The second kappa shape index (κ2) is 10.2. The van der Waals surface area contributed by atoms with Gasteiger partial charge in [0.2, 0.25) is 10.0 Å². The van der Waals surface area contributed by atoms with Crippen molar-refractivity contribution in [3.8, 4) is 0 Å². The average molecular weight is 522 g/mol. The zero-order chi connectivity index (χ0) is 25.1. The molecule has 1 N–H and O–H groups in total. The number of morpholine rings is 1. The summed E-state index contributed by atoms with van der Waals surface area (Å²) in [5.74, 6) is -2.37. The van der Waals surface area contributed by atoms with Gasteiger partial charge in [0.1, 0.15) is 16.5 Å². The molecular formula is C23H21F2N3O5S2. The van der Waals surface area contributed by atoms with Gasteiger partial charge in [-0.25, -0.2) is 17.2 Å². The predicted molar refractivity (Wildman–Crippen MR) is 126 cm³/mol. The second-order valence-electron chi connectivity index (χ2n) is 7.53. The Bertz CT molecular complexity index is 1460. The molecule has 3 aromatic rings. The fourth-order valence-corrected chi connectivity index (χ4v) is 5.89. The van der Waals surface area contributed by atoms with Crippen LogP contribution in [-0.4, -0.2) is 53.3 Å². The Morgan fingerprint density at radius 3 is 2.29 bits per heavy atom. The molecular weight excluding hydrogens is 500 g/mol. The lowest BCUT2D eigenvalue weighted by Crippen LogP contribution is -2.40. The Morgan fingerprint density at radius 1 is 0.886 bits per heavy atom. The minimum absolute atomic E-state index is 0.00393. The van der Waals surface area contributed by atoms with Crippen LogP contribution in [-0.2, 0) is 24.8 Å². The topological polar surface area (TPSA) is 105 Å². The van der Waals surface area contributed by atoms with Crippen molar-refractivity contribution in [2.45, 2.75) is 9.79 Å². The van der Waals surface area contributed by atoms with Crippen LogP contribution in [0.1, 0.15) is 5.56 Å². The van der Waals surface area contributed by atoms with Crippen LogP contribution in [0.25, 0.3) is 0 Å². The van der Waals surface area contributed by atoms with Crippen molar-refractivity contribution < 1.29 is 30.4 Å². The average Bonchev–Trinajstić information content (AvgIpc) is 2.84. The third-order valence-electron chi connectivity index (χ3n) is 5.14. The van der Waals surface area contributed by atoms with Crippen LogP contribution in [0.2, 0.25) is 0 Å². The van der Waals surface area contributed by atoms with Gasteiger partial charge in [-0.15, -0.1) is 4.40 Å². The highest BCUT2D eigenvalue weighted by Gasteiger charge is 2.27. The third kappa shape index (κ3) is 5.73. The lowest BCUT2D eigenvalue weighted by molar-refractivity contribution is 0.0730. The van der Waals surface area contributed by atoms with Gasteiger partial charge in [0, 0.05) is 30.4 Å². The van der Waals surface area contributed by atoms with Crippen molar-refractivity contribution in [2.75, 3.05) is 31.6 Å². The van der Waals surface area contributed by atoms with Gasteiger partial charge in [-0.05, 0) is 30.3 Å². The number of nitrogens with one attached hydrogen (secondary N) is 1. The van der Waals surface area contributed by atoms with Crippen LogP contribution < -0.4 is 5.32 Å². The summed E-state index contributed by atoms with van der Waals surface area (Å²) in [6, 6.07) is 16.1. The fraction of sp³-hybridized carbons (Fsp3) is 0.174. The molecule has 0 atom stereocenters. The maximum absolute atomic E-state index is 14.2. The van der Waals surface area contributed by atoms with E-state index in [1.165, 1.54) is 22.5 Å². The van der Waals surface area contributed by atoms with Crippen LogP contribution in [0.5, 0.6) is 0 Å². The largest absolute Gasteiger partial charge is 0.379 e. The number of anilines is 1. The number of hydrogen-bond acceptors (Lipinski definition) is 5. The predicted octanol–water partition coefficient (Wildman–Crippen LogP) is 3.23. The van der Waals surface area contributed by atoms with Crippen molar-refractivity contribution >= 4 is 31.6 Å². The van der Waals surface area contributed by atoms with E-state index in [0.29, 0.717) is 24.8 Å². The molecule has 0 spiro atoms. The molecule has 0 radical (unpaired) electrons. The summed E-state index contributed by atoms with van der Waals surface area (Å²) in [5.41, 5.74) is 0.594. The van der Waals surface area contributed by atoms with Crippen molar-refractivity contribution in [3.05, 3.63) is 90.0 Å². The minimum atomic E-state index is -4.59. The van der Waals surface area contributed by atoms with Crippen molar-refractivity contribution in [3.63, 3.8) is 0 Å². The molecule has 35 heavy (non-hydrogen) atoms. The molecule has 0 unspecified atom stereocenters. The fourth-order valence-electron chi connectivity index (χ4n) is 3.40. The molecule has 0 saturated carbocycles. The van der Waals surface area contributed by atoms with Crippen molar-refractivity contribution in [2.24, 2.45) is 4.40 Å². The van der Waals surface area contributed by atoms with E-state index in [2.05, 4.69) is 9.71 Å². The van der Waals surface area contributed by atoms with Crippen LogP contribution in [0.3, 0.4) is 0 Å². The molecule has 1 heterocycles. The molecule has 0 amide bonds. The van der Waals surface area contributed by atoms with Gasteiger partial charge in [0.15, 0.2) is 5.84 Å². The molecule has 8 nitrogen and oxygen atoms in total. The van der Waals surface area contributed by atoms with Crippen LogP contribution in [0, 0.1) is 11.6 Å². The summed E-state index contributed by atoms with van der Waals surface area (Å²) in [6.45, 7) is 1.02. The van der Waals surface area contributed by atoms with Gasteiger partial charge in [0.25, 0.3) is 10.0 Å². The van der Waals surface area contributed by atoms with Gasteiger partial charge in [-0.1, -0.05) is 36.4 Å². The molecule has 12 heteroatoms. The van der Waals surface area contributed by atoms with E-state index < -0.39 is 36.6 Å². The Balaban J connectivity index is 1.72. The molecule has 0 bridgehead atoms. The van der Waals surface area contributed by atoms with E-state index in [0.717, 1.165) is 12.1 Å². The number of halogens is 2. The maximum Gasteiger partial charge on any atom is 0.287 e. The number of nitrogens with zero attached hydrogens (tertiary/aromatic N) is 2. The van der Waals surface area contributed by atoms with E-state index >= 15 is 0 Å². The van der Waals surface area contributed by atoms with E-state index in [4.69, 9.17) is 4.74 Å². The van der Waals surface area contributed by atoms with Gasteiger partial charge in [-0.3, -0.25) is 0 Å². The maximum atomic E-state index is 14.2. The Hall–Kier alpha value is -3.19. The molecule has 184 valence electrons. The first-order valence-corrected chi connectivity index (χ1v) is 13.4. The summed E-state index contributed by atoms with van der Waals surface area (Å²) >= 11 is 0. The molecule has 1 aliphatic heterocycles. The van der Waals surface area contributed by atoms with Gasteiger partial charge < -0.3 is 10.1 Å². The third-order valence-corrected chi connectivity index (χ3v) is 8.34. The number of sulfonamides is 2. The van der Waals surface area contributed by atoms with E-state index in [-0.39, 0.29) is 29.5 Å². The SMILES string of the molecule is O=S(=O)(N=C(Nc1cccc(S(=O)(=O)N2CCOCC2)c1)c1ccccc1)c1ccc(F)cc1F. The minimum Gasteiger partial charge on any atom is -0.379 e. The summed E-state index contributed by atoms with van der Waals surface area (Å²) < 4.78 is 89.5. The lowest BCUT2D eigenvalue weighted by atomic mass is 10.2. The van der Waals surface area contributed by atoms with Crippen LogP contribution in [0.4, 0.5) is 14.5 Å². The van der Waals surface area contributed by atoms with Gasteiger partial charge >= 0.3 is 0 Å². The first-order chi connectivity index (χ1) is 16.7. The van der Waals surface area contributed by atoms with Gasteiger partial charge in [0.05, 0.1) is 18.1 Å². The van der Waals surface area contributed by atoms with E-state index in [1.807, 2.05) is 0 Å². The Kier molecular flexibility index (Phi) is 7.26. The quantitative estimate of drug-likeness (QED) is 0.395. The van der Waals surface area contributed by atoms with Gasteiger partial charge in [-0.2, -0.15) is 12.7 Å². The molecule has 1 fully saturated rings. The summed E-state index contributed by atoms with van der Waals surface area (Å²) in [6.07, 6.45) is 0. The van der Waals surface area contributed by atoms with E-state index in [9.17, 15) is 25.6 Å². The molecule has 3 aromatic carbocycles. The molecule has 0 aromatic heterocycles. The number of hydrogen-bond donors (Lipinski definition) is 1. The summed E-state index contributed by atoms with van der Waals surface area (Å²) in [5, 5.41) is 2.83. The number of amidine groups is 1. The van der Waals surface area contributed by atoms with Crippen LogP contribution >= 0.6 is 0 Å². The summed E-state index contributed by atoms with van der Waals surface area (Å²) in [7, 11) is -8.39. The zero-order valence-corrected chi connectivity index (χ0v) is 19.9. The highest BCUT2D eigenvalue weighted by atomic mass is 32.2. The summed E-state index contributed by atoms with van der Waals surface area (Å²) in [4.78, 5) is -0.790. The number of benzene rings is 3. The number of ether oxygens (including phenoxy) is 1. The highest BCUT2D eigenvalue weighted by molar-refractivity contribution is 7.90. The van der Waals surface area contributed by atoms with E-state index in [1.54, 1.807) is 36.4 Å². The standard InChI is InChI=1S/C23H21F2N3O5S2/c24-18-9-10-22(21(25)15-18)34(29,30)27-23(17-5-2-1-3-6-17)26-19-7-4-8-20(16-19)35(31,32)28-11-13-33-14-12-28/h1-10,15-16H,11-14H2,(H,26,27). The molecule has 1 aliphatic rings.